The summed E-state index contributed by atoms with van der Waals surface area (Å²) in [5.74, 6) is 0.554. The summed E-state index contributed by atoms with van der Waals surface area (Å²) in [7, 11) is 0. The fourth-order valence-electron chi connectivity index (χ4n) is 1.99. The second-order valence-electron chi connectivity index (χ2n) is 4.83. The molecule has 4 heteroatoms. The van der Waals surface area contributed by atoms with E-state index < -0.39 is 0 Å². The number of rotatable bonds is 6. The number of aromatic nitrogens is 2. The normalized spacial score (nSPS) is 10.1. The molecule has 4 nitrogen and oxygen atoms in total. The molecule has 1 aromatic heterocycles. The maximum atomic E-state index is 11.5. The molecule has 2 N–H and O–H groups in total. The van der Waals surface area contributed by atoms with Gasteiger partial charge in [0.15, 0.2) is 0 Å². The Morgan fingerprint density at radius 1 is 1.38 bits per heavy atom. The van der Waals surface area contributed by atoms with E-state index in [0.29, 0.717) is 18.5 Å². The lowest BCUT2D eigenvalue weighted by molar-refractivity contribution is -0.117. The summed E-state index contributed by atoms with van der Waals surface area (Å²) < 4.78 is 0. The average Bonchev–Trinajstić information content (AvgIpc) is 2.89. The molecule has 0 radical (unpaired) electrons. The fourth-order valence-corrected chi connectivity index (χ4v) is 1.99. The Bertz CT molecular complexity index is 656. The predicted octanol–water partition coefficient (Wildman–Crippen LogP) is 3.00. The molecule has 0 aliphatic carbocycles. The van der Waals surface area contributed by atoms with Crippen LogP contribution in [0.5, 0.6) is 0 Å². The molecular formula is C17H19N3O. The summed E-state index contributed by atoms with van der Waals surface area (Å²) >= 11 is 0. The van der Waals surface area contributed by atoms with Crippen molar-refractivity contribution in [2.45, 2.75) is 19.9 Å². The van der Waals surface area contributed by atoms with Gasteiger partial charge in [-0.3, -0.25) is 4.79 Å². The standard InChI is InChI=1S/C17H19N3O/c1-4-8-14-16(13-9-6-5-7-10-13)20-15(19-14)11-18-17(21)12(2)3/h4-7,9-10H,1-2,8,11H2,3H3,(H,18,21)(H,19,20). The SMILES string of the molecule is C=CCc1[nH]c(CNC(=O)C(=C)C)nc1-c1ccccc1. The Labute approximate surface area is 124 Å². The Morgan fingerprint density at radius 2 is 2.10 bits per heavy atom. The molecule has 2 aromatic rings. The van der Waals surface area contributed by atoms with Crippen LogP contribution in [0.15, 0.2) is 55.1 Å². The summed E-state index contributed by atoms with van der Waals surface area (Å²) in [6, 6.07) is 9.95. The summed E-state index contributed by atoms with van der Waals surface area (Å²) in [4.78, 5) is 19.4. The number of allylic oxidation sites excluding steroid dienone is 1. The second-order valence-corrected chi connectivity index (χ2v) is 4.83. The highest BCUT2D eigenvalue weighted by Crippen LogP contribution is 2.22. The minimum atomic E-state index is -0.169. The van der Waals surface area contributed by atoms with E-state index in [1.54, 1.807) is 6.92 Å². The molecule has 0 unspecified atom stereocenters. The molecule has 0 aliphatic rings. The van der Waals surface area contributed by atoms with Crippen LogP contribution in [0.1, 0.15) is 18.4 Å². The third-order valence-electron chi connectivity index (χ3n) is 3.03. The summed E-state index contributed by atoms with van der Waals surface area (Å²) in [6.07, 6.45) is 2.53. The van der Waals surface area contributed by atoms with Crippen molar-refractivity contribution >= 4 is 5.91 Å². The molecule has 0 fully saturated rings. The van der Waals surface area contributed by atoms with E-state index in [9.17, 15) is 4.79 Å². The Morgan fingerprint density at radius 3 is 2.71 bits per heavy atom. The Hall–Kier alpha value is -2.62. The number of nitrogens with zero attached hydrogens (tertiary/aromatic N) is 1. The number of amides is 1. The van der Waals surface area contributed by atoms with E-state index in [1.807, 2.05) is 36.4 Å². The summed E-state index contributed by atoms with van der Waals surface area (Å²) in [6.45, 7) is 9.41. The van der Waals surface area contributed by atoms with Crippen molar-refractivity contribution in [3.63, 3.8) is 0 Å². The first-order chi connectivity index (χ1) is 10.1. The molecule has 2 rings (SSSR count). The van der Waals surface area contributed by atoms with E-state index in [-0.39, 0.29) is 5.91 Å². The number of nitrogens with one attached hydrogen (secondary N) is 2. The van der Waals surface area contributed by atoms with Gasteiger partial charge in [-0.1, -0.05) is 43.0 Å². The number of carbonyl (C=O) groups is 1. The third-order valence-corrected chi connectivity index (χ3v) is 3.03. The summed E-state index contributed by atoms with van der Waals surface area (Å²) in [5.41, 5.74) is 3.42. The van der Waals surface area contributed by atoms with E-state index in [2.05, 4.69) is 28.4 Å². The van der Waals surface area contributed by atoms with Crippen LogP contribution in [-0.4, -0.2) is 15.9 Å². The van der Waals surface area contributed by atoms with E-state index in [0.717, 1.165) is 22.8 Å². The summed E-state index contributed by atoms with van der Waals surface area (Å²) in [5, 5.41) is 2.77. The fraction of sp³-hybridized carbons (Fsp3) is 0.176. The van der Waals surface area contributed by atoms with E-state index in [4.69, 9.17) is 0 Å². The number of hydrogen-bond donors (Lipinski definition) is 2. The zero-order valence-corrected chi connectivity index (χ0v) is 12.1. The van der Waals surface area contributed by atoms with Crippen molar-refractivity contribution in [2.75, 3.05) is 0 Å². The minimum absolute atomic E-state index is 0.169. The van der Waals surface area contributed by atoms with Gasteiger partial charge in [-0.05, 0) is 6.92 Å². The maximum Gasteiger partial charge on any atom is 0.246 e. The van der Waals surface area contributed by atoms with Crippen LogP contribution in [0.2, 0.25) is 0 Å². The van der Waals surface area contributed by atoms with Crippen molar-refractivity contribution in [3.05, 3.63) is 66.7 Å². The smallest absolute Gasteiger partial charge is 0.246 e. The number of aromatic amines is 1. The predicted molar refractivity (Wildman–Crippen MR) is 84.6 cm³/mol. The van der Waals surface area contributed by atoms with Crippen molar-refractivity contribution in [2.24, 2.45) is 0 Å². The highest BCUT2D eigenvalue weighted by atomic mass is 16.1. The highest BCUT2D eigenvalue weighted by Gasteiger charge is 2.11. The van der Waals surface area contributed by atoms with Crippen molar-refractivity contribution in [1.82, 2.24) is 15.3 Å². The monoisotopic (exact) mass is 281 g/mol. The van der Waals surface area contributed by atoms with E-state index in [1.165, 1.54) is 0 Å². The lowest BCUT2D eigenvalue weighted by Crippen LogP contribution is -2.23. The molecule has 21 heavy (non-hydrogen) atoms. The lowest BCUT2D eigenvalue weighted by atomic mass is 10.1. The Balaban J connectivity index is 2.23. The molecule has 1 amide bonds. The molecule has 0 saturated heterocycles. The van der Waals surface area contributed by atoms with Gasteiger partial charge in [-0.25, -0.2) is 4.98 Å². The molecule has 0 spiro atoms. The van der Waals surface area contributed by atoms with Gasteiger partial charge >= 0.3 is 0 Å². The van der Waals surface area contributed by atoms with Gasteiger partial charge in [0, 0.05) is 23.3 Å². The van der Waals surface area contributed by atoms with Crippen LogP contribution in [0.3, 0.4) is 0 Å². The average molecular weight is 281 g/mol. The number of hydrogen-bond acceptors (Lipinski definition) is 2. The number of H-pyrrole nitrogens is 1. The van der Waals surface area contributed by atoms with Crippen LogP contribution in [0.4, 0.5) is 0 Å². The third kappa shape index (κ3) is 3.69. The number of carbonyl (C=O) groups excluding carboxylic acids is 1. The minimum Gasteiger partial charge on any atom is -0.345 e. The van der Waals surface area contributed by atoms with Gasteiger partial charge in [0.2, 0.25) is 5.91 Å². The van der Waals surface area contributed by atoms with Crippen LogP contribution in [0.25, 0.3) is 11.3 Å². The van der Waals surface area contributed by atoms with Crippen LogP contribution < -0.4 is 5.32 Å². The van der Waals surface area contributed by atoms with E-state index >= 15 is 0 Å². The van der Waals surface area contributed by atoms with Crippen LogP contribution >= 0.6 is 0 Å². The number of benzene rings is 1. The first-order valence-corrected chi connectivity index (χ1v) is 6.79. The quantitative estimate of drug-likeness (QED) is 0.631. The largest absolute Gasteiger partial charge is 0.345 e. The zero-order chi connectivity index (χ0) is 15.2. The van der Waals surface area contributed by atoms with Gasteiger partial charge in [0.25, 0.3) is 0 Å². The van der Waals surface area contributed by atoms with Gasteiger partial charge in [0.05, 0.1) is 12.2 Å². The molecule has 0 saturated carbocycles. The molecule has 0 bridgehead atoms. The molecule has 0 aliphatic heterocycles. The molecule has 108 valence electrons. The van der Waals surface area contributed by atoms with Crippen LogP contribution in [0, 0.1) is 0 Å². The van der Waals surface area contributed by atoms with Crippen molar-refractivity contribution in [1.29, 1.82) is 0 Å². The van der Waals surface area contributed by atoms with Crippen molar-refractivity contribution in [3.8, 4) is 11.3 Å². The second kappa shape index (κ2) is 6.70. The van der Waals surface area contributed by atoms with Crippen molar-refractivity contribution < 1.29 is 4.79 Å². The highest BCUT2D eigenvalue weighted by molar-refractivity contribution is 5.91. The topological polar surface area (TPSA) is 57.8 Å². The van der Waals surface area contributed by atoms with Gasteiger partial charge in [-0.15, -0.1) is 6.58 Å². The van der Waals surface area contributed by atoms with Crippen LogP contribution in [-0.2, 0) is 17.8 Å². The molecular weight excluding hydrogens is 262 g/mol. The number of imidazole rings is 1. The van der Waals surface area contributed by atoms with Gasteiger partial charge in [-0.2, -0.15) is 0 Å². The zero-order valence-electron chi connectivity index (χ0n) is 12.1. The molecule has 1 aromatic carbocycles. The first-order valence-electron chi connectivity index (χ1n) is 6.79. The van der Waals surface area contributed by atoms with Gasteiger partial charge in [0.1, 0.15) is 5.82 Å². The molecule has 0 atom stereocenters. The first kappa shape index (κ1) is 14.8. The maximum absolute atomic E-state index is 11.5. The van der Waals surface area contributed by atoms with Gasteiger partial charge < -0.3 is 10.3 Å². The lowest BCUT2D eigenvalue weighted by Gasteiger charge is -2.01. The molecule has 1 heterocycles. The Kier molecular flexibility index (Phi) is 4.72.